The van der Waals surface area contributed by atoms with Gasteiger partial charge in [-0.15, -0.1) is 0 Å². The van der Waals surface area contributed by atoms with E-state index in [9.17, 15) is 19.2 Å². The molecule has 1 aromatic heterocycles. The number of unbranched alkanes of at least 4 members (excludes halogenated alkanes) is 4. The fourth-order valence-electron chi connectivity index (χ4n) is 6.01. The highest BCUT2D eigenvalue weighted by molar-refractivity contribution is 5.90. The monoisotopic (exact) mass is 712 g/mol. The molecule has 0 aliphatic carbocycles. The Hall–Kier alpha value is -4.07. The molecule has 1 aromatic rings. The molecule has 0 aromatic carbocycles. The zero-order valence-corrected chi connectivity index (χ0v) is 30.5. The number of hydrogen-bond donors (Lipinski definition) is 1. The zero-order valence-electron chi connectivity index (χ0n) is 30.5. The summed E-state index contributed by atoms with van der Waals surface area (Å²) in [7, 11) is 0. The summed E-state index contributed by atoms with van der Waals surface area (Å²) >= 11 is 0. The number of amides is 2. The number of hydrogen-bond acceptors (Lipinski definition) is 12. The predicted molar refractivity (Wildman–Crippen MR) is 187 cm³/mol. The Kier molecular flexibility index (Phi) is 14.8. The van der Waals surface area contributed by atoms with Gasteiger partial charge in [-0.1, -0.05) is 62.5 Å². The molecule has 0 spiro atoms. The van der Waals surface area contributed by atoms with Crippen LogP contribution in [-0.4, -0.2) is 77.9 Å². The molecule has 3 aliphatic rings. The molecule has 280 valence electrons. The topological polar surface area (TPSA) is 165 Å². The van der Waals surface area contributed by atoms with Crippen LogP contribution in [0.4, 0.5) is 4.79 Å². The Labute approximate surface area is 299 Å². The lowest BCUT2D eigenvalue weighted by Crippen LogP contribution is -2.51. The van der Waals surface area contributed by atoms with Crippen molar-refractivity contribution in [2.75, 3.05) is 6.61 Å². The molecule has 0 saturated carbocycles. The third-order valence-corrected chi connectivity index (χ3v) is 8.53. The van der Waals surface area contributed by atoms with Crippen LogP contribution < -0.4 is 5.32 Å². The third-order valence-electron chi connectivity index (χ3n) is 8.53. The summed E-state index contributed by atoms with van der Waals surface area (Å²) in [6.07, 6.45) is 12.6. The lowest BCUT2D eigenvalue weighted by atomic mass is 9.97. The summed E-state index contributed by atoms with van der Waals surface area (Å²) in [4.78, 5) is 54.6. The minimum Gasteiger partial charge on any atom is -0.465 e. The van der Waals surface area contributed by atoms with Crippen molar-refractivity contribution >= 4 is 36.1 Å². The number of aromatic nitrogens is 1. The van der Waals surface area contributed by atoms with Crippen molar-refractivity contribution in [3.63, 3.8) is 0 Å². The fraction of sp³-hybridized carbons (Fsp3) is 0.605. The number of aryl methyl sites for hydroxylation is 1. The summed E-state index contributed by atoms with van der Waals surface area (Å²) in [5.41, 5.74) is 1.62. The second-order valence-corrected chi connectivity index (χ2v) is 13.5. The number of cyclic esters (lactones) is 1. The highest BCUT2D eigenvalue weighted by Gasteiger charge is 2.57. The molecule has 2 fully saturated rings. The number of ether oxygens (including phenoxy) is 6. The number of fused-ring (bicyclic) bond motifs is 3. The molecule has 13 heteroatoms. The van der Waals surface area contributed by atoms with Gasteiger partial charge in [0.25, 0.3) is 0 Å². The number of nitrogens with one attached hydrogen (secondary N) is 1. The van der Waals surface area contributed by atoms with Crippen molar-refractivity contribution in [2.24, 2.45) is 0 Å². The Morgan fingerprint density at radius 2 is 1.80 bits per heavy atom. The molecule has 4 rings (SSSR count). The molecule has 2 amide bonds. The van der Waals surface area contributed by atoms with Gasteiger partial charge in [0.15, 0.2) is 18.0 Å². The van der Waals surface area contributed by atoms with Gasteiger partial charge in [0.05, 0.1) is 12.7 Å². The molecule has 6 atom stereocenters. The maximum Gasteiger partial charge on any atom is 0.414 e. The van der Waals surface area contributed by atoms with E-state index in [4.69, 9.17) is 32.8 Å². The van der Waals surface area contributed by atoms with Crippen LogP contribution >= 0.6 is 0 Å². The summed E-state index contributed by atoms with van der Waals surface area (Å²) in [6.45, 7) is 10.7. The van der Waals surface area contributed by atoms with E-state index in [1.807, 2.05) is 26.0 Å². The second kappa shape index (κ2) is 19.0. The van der Waals surface area contributed by atoms with Gasteiger partial charge in [0.2, 0.25) is 11.8 Å². The Bertz CT molecular complexity index is 1490. The van der Waals surface area contributed by atoms with Crippen molar-refractivity contribution < 1.29 is 52.0 Å². The van der Waals surface area contributed by atoms with Crippen molar-refractivity contribution in [3.8, 4) is 0 Å². The molecule has 2 bridgehead atoms. The lowest BCUT2D eigenvalue weighted by Gasteiger charge is -2.31. The van der Waals surface area contributed by atoms with Crippen molar-refractivity contribution in [1.29, 1.82) is 0 Å². The van der Waals surface area contributed by atoms with Gasteiger partial charge in [-0.25, -0.2) is 14.6 Å². The molecular weight excluding hydrogens is 660 g/mol. The van der Waals surface area contributed by atoms with Crippen LogP contribution in [0.5, 0.6) is 0 Å². The predicted octanol–water partition coefficient (Wildman–Crippen LogP) is 6.44. The normalized spacial score (nSPS) is 28.4. The largest absolute Gasteiger partial charge is 0.465 e. The minimum absolute atomic E-state index is 0.195. The van der Waals surface area contributed by atoms with Crippen molar-refractivity contribution in [1.82, 2.24) is 10.3 Å². The van der Waals surface area contributed by atoms with Crippen LogP contribution in [0.25, 0.3) is 12.2 Å². The highest BCUT2D eigenvalue weighted by Crippen LogP contribution is 2.40. The number of rotatable bonds is 12. The van der Waals surface area contributed by atoms with Gasteiger partial charge in [0.1, 0.15) is 29.8 Å². The summed E-state index contributed by atoms with van der Waals surface area (Å²) in [5, 5.41) is 2.12. The Balaban J connectivity index is 1.55. The first kappa shape index (κ1) is 39.7. The maximum atomic E-state index is 13.3. The number of alkyl carbamates (subject to hydrolysis) is 1. The van der Waals surface area contributed by atoms with E-state index in [1.54, 1.807) is 32.1 Å². The number of carbonyl (C=O) groups is 4. The van der Waals surface area contributed by atoms with Crippen LogP contribution in [0.3, 0.4) is 0 Å². The number of epoxide rings is 1. The molecule has 4 heterocycles. The van der Waals surface area contributed by atoms with Gasteiger partial charge >= 0.3 is 18.0 Å². The van der Waals surface area contributed by atoms with Crippen LogP contribution in [0.1, 0.15) is 110 Å². The number of nitrogens with zero attached hydrogens (tertiary/aromatic N) is 1. The Morgan fingerprint density at radius 1 is 1.04 bits per heavy atom. The summed E-state index contributed by atoms with van der Waals surface area (Å²) < 4.78 is 41.5. The molecule has 1 N–H and O–H groups in total. The molecule has 2 saturated heterocycles. The van der Waals surface area contributed by atoms with Gasteiger partial charge in [-0.05, 0) is 65.5 Å². The van der Waals surface area contributed by atoms with E-state index in [-0.39, 0.29) is 18.7 Å². The SMILES string of the molecule is CCCCCCCC(=O)OCC/C=C/C1OC(C)(C)OC1C1OC(=O)/C=C\C=C\c2nc(oc2C)/C=C(/C)CCC2OC2C1OC(=O)NC(C)=O. The van der Waals surface area contributed by atoms with Gasteiger partial charge in [-0.3, -0.25) is 14.9 Å². The van der Waals surface area contributed by atoms with Crippen molar-refractivity contribution in [2.45, 2.75) is 142 Å². The first-order valence-electron chi connectivity index (χ1n) is 17.9. The number of oxazole rings is 1. The molecular formula is C38H52N2O11. The van der Waals surface area contributed by atoms with Gasteiger partial charge < -0.3 is 32.8 Å². The summed E-state index contributed by atoms with van der Waals surface area (Å²) in [5.74, 6) is -1.60. The maximum absolute atomic E-state index is 13.3. The van der Waals surface area contributed by atoms with Crippen molar-refractivity contribution in [3.05, 3.63) is 53.3 Å². The average molecular weight is 713 g/mol. The van der Waals surface area contributed by atoms with Crippen LogP contribution in [0.15, 0.2) is 40.4 Å². The van der Waals surface area contributed by atoms with E-state index >= 15 is 0 Å². The third kappa shape index (κ3) is 12.9. The Morgan fingerprint density at radius 3 is 2.57 bits per heavy atom. The molecule has 0 radical (unpaired) electrons. The molecule has 6 unspecified atom stereocenters. The van der Waals surface area contributed by atoms with E-state index in [0.29, 0.717) is 43.0 Å². The average Bonchev–Trinajstić information content (AvgIpc) is 3.65. The standard InChI is InChI=1S/C38H52N2O11/c1-7-8-9-10-11-18-31(42)45-22-15-14-17-29-34(51-38(5,6)50-29)36-35(49-37(44)39-26(4)41)33-28(47-33)21-20-24(2)23-30-40-27(25(3)46-30)16-12-13-19-32(43)48-36/h12-14,16-17,19,23,28-29,33-36H,7-11,15,18,20-22H2,1-6H3,(H,39,41,44)/b16-12+,17-14+,19-13-,24-23-. The zero-order chi connectivity index (χ0) is 37.0. The smallest absolute Gasteiger partial charge is 0.414 e. The summed E-state index contributed by atoms with van der Waals surface area (Å²) in [6, 6.07) is 0. The van der Waals surface area contributed by atoms with Crippen LogP contribution in [-0.2, 0) is 42.8 Å². The van der Waals surface area contributed by atoms with E-state index in [2.05, 4.69) is 17.2 Å². The number of imide groups is 1. The van der Waals surface area contributed by atoms with E-state index in [0.717, 1.165) is 37.7 Å². The van der Waals surface area contributed by atoms with Crippen LogP contribution in [0, 0.1) is 6.92 Å². The van der Waals surface area contributed by atoms with Crippen LogP contribution in [0.2, 0.25) is 0 Å². The quantitative estimate of drug-likeness (QED) is 0.0830. The molecule has 13 nitrogen and oxygen atoms in total. The first-order valence-corrected chi connectivity index (χ1v) is 17.9. The molecule has 51 heavy (non-hydrogen) atoms. The van der Waals surface area contributed by atoms with E-state index in [1.165, 1.54) is 19.1 Å². The first-order chi connectivity index (χ1) is 24.3. The number of carbonyl (C=O) groups excluding carboxylic acids is 4. The van der Waals surface area contributed by atoms with Gasteiger partial charge in [0, 0.05) is 19.4 Å². The number of allylic oxidation sites excluding steroid dienone is 3. The number of esters is 2. The highest BCUT2D eigenvalue weighted by atomic mass is 16.8. The molecule has 3 aliphatic heterocycles. The van der Waals surface area contributed by atoms with E-state index < -0.39 is 54.3 Å². The second-order valence-electron chi connectivity index (χ2n) is 13.5. The lowest BCUT2D eigenvalue weighted by molar-refractivity contribution is -0.180. The fourth-order valence-corrected chi connectivity index (χ4v) is 6.01. The minimum atomic E-state index is -1.21. The van der Waals surface area contributed by atoms with Gasteiger partial charge in [-0.2, -0.15) is 0 Å².